The Morgan fingerprint density at radius 1 is 1.26 bits per heavy atom. The van der Waals surface area contributed by atoms with Gasteiger partial charge in [-0.25, -0.2) is 9.07 Å². The van der Waals surface area contributed by atoms with Crippen molar-refractivity contribution in [1.82, 2.24) is 20.3 Å². The Kier molecular flexibility index (Phi) is 7.87. The van der Waals surface area contributed by atoms with Gasteiger partial charge in [-0.15, -0.1) is 10.0 Å². The Labute approximate surface area is 203 Å². The standard InChI is InChI=1S/C25H32FN5O4/c1-2-25(29-34,19-10-11-21(26)22(13-19)35-15-17-7-8-17)16-31-20(14-27-30-31)6-4-3-5-18-9-12-23(32)28-24(18)33/h10-11,13-14,17-18H,2-9,12,15-16H2,1H3,(H,28,32,33)/t18?,25-/m1/s1. The normalized spacial score (nSPS) is 19.8. The smallest absolute Gasteiger partial charge is 0.229 e. The molecular weight excluding hydrogens is 453 g/mol. The predicted molar refractivity (Wildman–Crippen MR) is 126 cm³/mol. The van der Waals surface area contributed by atoms with E-state index in [-0.39, 0.29) is 30.0 Å². The zero-order valence-electron chi connectivity index (χ0n) is 20.0. The molecule has 0 bridgehead atoms. The van der Waals surface area contributed by atoms with Crippen LogP contribution < -0.4 is 10.1 Å². The summed E-state index contributed by atoms with van der Waals surface area (Å²) in [5.74, 6) is -0.348. The number of imide groups is 1. The van der Waals surface area contributed by atoms with Crippen molar-refractivity contribution in [2.75, 3.05) is 6.61 Å². The molecule has 1 aromatic carbocycles. The maximum absolute atomic E-state index is 14.3. The van der Waals surface area contributed by atoms with Crippen LogP contribution in [0.3, 0.4) is 0 Å². The first-order chi connectivity index (χ1) is 16.9. The average Bonchev–Trinajstić information content (AvgIpc) is 3.59. The number of carbonyl (C=O) groups is 2. The van der Waals surface area contributed by atoms with Crippen molar-refractivity contribution in [2.24, 2.45) is 17.0 Å². The van der Waals surface area contributed by atoms with Crippen molar-refractivity contribution in [3.05, 3.63) is 46.4 Å². The molecule has 1 aliphatic carbocycles. The fraction of sp³-hybridized carbons (Fsp3) is 0.600. The van der Waals surface area contributed by atoms with E-state index >= 15 is 0 Å². The third-order valence-corrected chi connectivity index (χ3v) is 7.10. The number of ether oxygens (including phenoxy) is 1. The number of piperidine rings is 1. The molecule has 2 heterocycles. The van der Waals surface area contributed by atoms with Gasteiger partial charge in [0.25, 0.3) is 0 Å². The second kappa shape index (κ2) is 11.0. The highest BCUT2D eigenvalue weighted by atomic mass is 19.1. The van der Waals surface area contributed by atoms with Crippen LogP contribution in [0.1, 0.15) is 69.5 Å². The molecule has 2 atom stereocenters. The number of nitrogens with one attached hydrogen (secondary N) is 1. The quantitative estimate of drug-likeness (QED) is 0.260. The number of carbonyl (C=O) groups excluding carboxylic acids is 2. The number of aromatic nitrogens is 3. The van der Waals surface area contributed by atoms with E-state index in [2.05, 4.69) is 20.8 Å². The summed E-state index contributed by atoms with van der Waals surface area (Å²) in [4.78, 5) is 35.4. The molecule has 2 amide bonds. The summed E-state index contributed by atoms with van der Waals surface area (Å²) in [6, 6.07) is 4.49. The van der Waals surface area contributed by atoms with Crippen molar-refractivity contribution in [2.45, 2.75) is 76.8 Å². The highest BCUT2D eigenvalue weighted by Gasteiger charge is 2.35. The number of nitrogens with zero attached hydrogens (tertiary/aromatic N) is 4. The summed E-state index contributed by atoms with van der Waals surface area (Å²) >= 11 is 0. The molecule has 1 N–H and O–H groups in total. The molecule has 1 saturated heterocycles. The molecule has 2 fully saturated rings. The van der Waals surface area contributed by atoms with Crippen molar-refractivity contribution in [3.8, 4) is 5.75 Å². The molecule has 1 aliphatic heterocycles. The van der Waals surface area contributed by atoms with Crippen LogP contribution in [0.5, 0.6) is 5.75 Å². The van der Waals surface area contributed by atoms with Gasteiger partial charge in [0.1, 0.15) is 5.54 Å². The van der Waals surface area contributed by atoms with Crippen LogP contribution in [-0.2, 0) is 28.1 Å². The summed E-state index contributed by atoms with van der Waals surface area (Å²) < 4.78 is 21.7. The number of unbranched alkanes of at least 4 members (excludes halogenated alkanes) is 1. The fourth-order valence-electron chi connectivity index (χ4n) is 4.51. The molecule has 0 spiro atoms. The third-order valence-electron chi connectivity index (χ3n) is 7.10. The average molecular weight is 486 g/mol. The Morgan fingerprint density at radius 3 is 2.80 bits per heavy atom. The van der Waals surface area contributed by atoms with E-state index in [0.29, 0.717) is 50.2 Å². The van der Waals surface area contributed by atoms with E-state index in [1.54, 1.807) is 23.0 Å². The maximum Gasteiger partial charge on any atom is 0.229 e. The van der Waals surface area contributed by atoms with Crippen LogP contribution in [0, 0.1) is 22.6 Å². The van der Waals surface area contributed by atoms with E-state index in [0.717, 1.165) is 31.4 Å². The van der Waals surface area contributed by atoms with Gasteiger partial charge in [-0.3, -0.25) is 14.9 Å². The van der Waals surface area contributed by atoms with Gasteiger partial charge in [0.05, 0.1) is 25.0 Å². The van der Waals surface area contributed by atoms with Crippen LogP contribution >= 0.6 is 0 Å². The van der Waals surface area contributed by atoms with Gasteiger partial charge >= 0.3 is 0 Å². The lowest BCUT2D eigenvalue weighted by Gasteiger charge is -2.26. The zero-order valence-corrected chi connectivity index (χ0v) is 20.0. The molecule has 2 aromatic rings. The highest BCUT2D eigenvalue weighted by Crippen LogP contribution is 2.36. The Bertz CT molecular complexity index is 1070. The summed E-state index contributed by atoms with van der Waals surface area (Å²) in [5, 5.41) is 14.1. The molecule has 0 radical (unpaired) electrons. The second-order valence-electron chi connectivity index (χ2n) is 9.65. The van der Waals surface area contributed by atoms with Crippen LogP contribution in [0.15, 0.2) is 29.6 Å². The minimum atomic E-state index is -1.14. The lowest BCUT2D eigenvalue weighted by Crippen LogP contribution is -2.40. The highest BCUT2D eigenvalue weighted by molar-refractivity contribution is 5.98. The maximum atomic E-state index is 14.3. The van der Waals surface area contributed by atoms with Crippen LogP contribution in [-0.4, -0.2) is 33.4 Å². The first-order valence-corrected chi connectivity index (χ1v) is 12.4. The van der Waals surface area contributed by atoms with Crippen molar-refractivity contribution in [3.63, 3.8) is 0 Å². The third kappa shape index (κ3) is 6.10. The number of hydrogen-bond acceptors (Lipinski definition) is 7. The van der Waals surface area contributed by atoms with E-state index < -0.39 is 11.4 Å². The Balaban J connectivity index is 1.39. The number of hydrogen-bond donors (Lipinski definition) is 1. The predicted octanol–water partition coefficient (Wildman–Crippen LogP) is 4.04. The summed E-state index contributed by atoms with van der Waals surface area (Å²) in [6.45, 7) is 2.52. The van der Waals surface area contributed by atoms with Gasteiger partial charge in [0.2, 0.25) is 11.8 Å². The van der Waals surface area contributed by atoms with Crippen molar-refractivity contribution in [1.29, 1.82) is 0 Å². The van der Waals surface area contributed by atoms with Crippen LogP contribution in [0.2, 0.25) is 0 Å². The lowest BCUT2D eigenvalue weighted by molar-refractivity contribution is -0.136. The van der Waals surface area contributed by atoms with Crippen molar-refractivity contribution >= 4 is 11.8 Å². The van der Waals surface area contributed by atoms with Crippen molar-refractivity contribution < 1.29 is 18.7 Å². The number of amides is 2. The van der Waals surface area contributed by atoms with Gasteiger partial charge in [0.15, 0.2) is 11.6 Å². The first kappa shape index (κ1) is 24.9. The molecular formula is C25H32FN5O4. The van der Waals surface area contributed by atoms with E-state index in [1.807, 2.05) is 6.92 Å². The number of halogens is 1. The SMILES string of the molecule is CC[C@](Cn1nncc1CCCCC1CCC(=O)NC1=O)(N=O)c1ccc(F)c(OCC2CC2)c1. The second-order valence-corrected chi connectivity index (χ2v) is 9.65. The summed E-state index contributed by atoms with van der Waals surface area (Å²) in [6.07, 6.45) is 8.28. The van der Waals surface area contributed by atoms with E-state index in [9.17, 15) is 18.9 Å². The van der Waals surface area contributed by atoms with Crippen LogP contribution in [0.4, 0.5) is 4.39 Å². The molecule has 4 rings (SSSR count). The Morgan fingerprint density at radius 2 is 2.09 bits per heavy atom. The number of benzene rings is 1. The zero-order chi connectivity index (χ0) is 24.8. The molecule has 9 nitrogen and oxygen atoms in total. The minimum absolute atomic E-state index is 0.127. The van der Waals surface area contributed by atoms with Gasteiger partial charge in [-0.1, -0.05) is 29.8 Å². The number of aryl methyl sites for hydroxylation is 1. The lowest BCUT2D eigenvalue weighted by atomic mass is 9.87. The van der Waals surface area contributed by atoms with Gasteiger partial charge in [-0.05, 0) is 68.6 Å². The molecule has 10 heteroatoms. The molecule has 188 valence electrons. The minimum Gasteiger partial charge on any atom is -0.490 e. The van der Waals surface area contributed by atoms with E-state index in [1.165, 1.54) is 6.07 Å². The first-order valence-electron chi connectivity index (χ1n) is 12.4. The Hall–Kier alpha value is -3.17. The topological polar surface area (TPSA) is 116 Å². The van der Waals surface area contributed by atoms with Gasteiger partial charge in [-0.2, -0.15) is 0 Å². The molecule has 2 aliphatic rings. The molecule has 1 aromatic heterocycles. The number of rotatable bonds is 13. The van der Waals surface area contributed by atoms with Gasteiger partial charge in [0, 0.05) is 12.3 Å². The molecule has 1 unspecified atom stereocenters. The summed E-state index contributed by atoms with van der Waals surface area (Å²) in [7, 11) is 0. The molecule has 35 heavy (non-hydrogen) atoms. The summed E-state index contributed by atoms with van der Waals surface area (Å²) in [5.41, 5.74) is 0.309. The number of nitroso groups, excluding NO2 is 1. The van der Waals surface area contributed by atoms with E-state index in [4.69, 9.17) is 4.74 Å². The fourth-order valence-corrected chi connectivity index (χ4v) is 4.51. The largest absolute Gasteiger partial charge is 0.490 e. The molecule has 1 saturated carbocycles. The van der Waals surface area contributed by atoms with Crippen LogP contribution in [0.25, 0.3) is 0 Å². The monoisotopic (exact) mass is 485 g/mol. The van der Waals surface area contributed by atoms with Gasteiger partial charge < -0.3 is 4.74 Å².